The summed E-state index contributed by atoms with van der Waals surface area (Å²) in [7, 11) is 1.54. The van der Waals surface area contributed by atoms with E-state index in [9.17, 15) is 9.59 Å². The minimum atomic E-state index is -0.535. The molecule has 264 valence electrons. The number of ether oxygens (including phenoxy) is 3. The summed E-state index contributed by atoms with van der Waals surface area (Å²) in [4.78, 5) is 37.3. The molecule has 1 fully saturated rings. The quantitative estimate of drug-likeness (QED) is 0.109. The highest BCUT2D eigenvalue weighted by Gasteiger charge is 2.21. The van der Waals surface area contributed by atoms with Crippen LogP contribution in [0.5, 0.6) is 17.4 Å². The Balaban J connectivity index is 1.33. The van der Waals surface area contributed by atoms with Crippen LogP contribution in [-0.2, 0) is 4.74 Å². The lowest BCUT2D eigenvalue weighted by Crippen LogP contribution is -2.31. The Labute approximate surface area is 296 Å². The molecule has 1 aliphatic rings. The highest BCUT2D eigenvalue weighted by Crippen LogP contribution is 2.33. The molecule has 4 aromatic rings. The van der Waals surface area contributed by atoms with Gasteiger partial charge in [0.25, 0.3) is 11.8 Å². The SMILES string of the molecule is COCCNC(=O)c1ccc(Oc2nc(Nc3ccc(OCCCN4CCCCC4)c(F)c3)ncc2C(=O)Nc2c(C)cccc2C)c(Cl)c1. The number of amides is 2. The minimum absolute atomic E-state index is 0.0233. The molecule has 0 aliphatic carbocycles. The third kappa shape index (κ3) is 9.90. The van der Waals surface area contributed by atoms with Gasteiger partial charge in [0.15, 0.2) is 11.6 Å². The fourth-order valence-corrected chi connectivity index (χ4v) is 5.75. The number of piperidine rings is 1. The normalized spacial score (nSPS) is 13.1. The van der Waals surface area contributed by atoms with E-state index in [-0.39, 0.29) is 39.8 Å². The van der Waals surface area contributed by atoms with E-state index in [2.05, 4.69) is 30.8 Å². The molecule has 2 amide bonds. The molecule has 2 heterocycles. The first kappa shape index (κ1) is 36.5. The number of aryl methyl sites for hydroxylation is 2. The number of hydrogen-bond donors (Lipinski definition) is 3. The maximum atomic E-state index is 15.0. The van der Waals surface area contributed by atoms with Crippen LogP contribution in [0.15, 0.2) is 60.8 Å². The summed E-state index contributed by atoms with van der Waals surface area (Å²) in [6.07, 6.45) is 5.86. The molecular formula is C37H42ClFN6O5. The summed E-state index contributed by atoms with van der Waals surface area (Å²) >= 11 is 6.53. The average molecular weight is 705 g/mol. The highest BCUT2D eigenvalue weighted by molar-refractivity contribution is 6.32. The Morgan fingerprint density at radius 1 is 0.960 bits per heavy atom. The number of nitrogens with zero attached hydrogens (tertiary/aromatic N) is 3. The monoisotopic (exact) mass is 704 g/mol. The summed E-state index contributed by atoms with van der Waals surface area (Å²) < 4.78 is 31.8. The number of rotatable bonds is 15. The molecule has 5 rings (SSSR count). The van der Waals surface area contributed by atoms with Gasteiger partial charge in [-0.05, 0) is 87.7 Å². The lowest BCUT2D eigenvalue weighted by molar-refractivity contribution is 0.0936. The van der Waals surface area contributed by atoms with Crippen LogP contribution in [0, 0.1) is 19.7 Å². The van der Waals surface area contributed by atoms with Gasteiger partial charge in [-0.15, -0.1) is 0 Å². The van der Waals surface area contributed by atoms with Crippen molar-refractivity contribution in [1.82, 2.24) is 20.2 Å². The van der Waals surface area contributed by atoms with Gasteiger partial charge in [-0.25, -0.2) is 9.37 Å². The molecule has 13 heteroatoms. The Kier molecular flexibility index (Phi) is 13.0. The minimum Gasteiger partial charge on any atom is -0.490 e. The van der Waals surface area contributed by atoms with Crippen molar-refractivity contribution in [2.75, 3.05) is 57.1 Å². The molecule has 0 spiro atoms. The summed E-state index contributed by atoms with van der Waals surface area (Å²) in [5.74, 6) is -1.14. The fraction of sp³-hybridized carbons (Fsp3) is 0.351. The first-order chi connectivity index (χ1) is 24.2. The van der Waals surface area contributed by atoms with Crippen molar-refractivity contribution < 1.29 is 28.2 Å². The van der Waals surface area contributed by atoms with Crippen LogP contribution in [0.25, 0.3) is 0 Å². The van der Waals surface area contributed by atoms with Gasteiger partial charge in [-0.1, -0.05) is 36.2 Å². The summed E-state index contributed by atoms with van der Waals surface area (Å²) in [6.45, 7) is 8.03. The molecule has 3 aromatic carbocycles. The van der Waals surface area contributed by atoms with Crippen molar-refractivity contribution in [3.63, 3.8) is 0 Å². The Bertz CT molecular complexity index is 1780. The number of halogens is 2. The van der Waals surface area contributed by atoms with Crippen LogP contribution in [0.1, 0.15) is 57.5 Å². The molecule has 0 radical (unpaired) electrons. The van der Waals surface area contributed by atoms with Crippen LogP contribution in [0.2, 0.25) is 5.02 Å². The first-order valence-electron chi connectivity index (χ1n) is 16.6. The van der Waals surface area contributed by atoms with Gasteiger partial charge in [0.1, 0.15) is 11.3 Å². The number of methoxy groups -OCH3 is 1. The van der Waals surface area contributed by atoms with Gasteiger partial charge in [0.05, 0.1) is 18.2 Å². The maximum absolute atomic E-state index is 15.0. The second-order valence-corrected chi connectivity index (χ2v) is 12.4. The number of para-hydroxylation sites is 1. The third-order valence-corrected chi connectivity index (χ3v) is 8.52. The Hall–Kier alpha value is -4.78. The number of nitrogens with one attached hydrogen (secondary N) is 3. The Morgan fingerprint density at radius 3 is 2.44 bits per heavy atom. The van der Waals surface area contributed by atoms with Gasteiger partial charge in [0, 0.05) is 49.4 Å². The molecule has 1 aromatic heterocycles. The average Bonchev–Trinajstić information content (AvgIpc) is 3.10. The zero-order valence-electron chi connectivity index (χ0n) is 28.5. The smallest absolute Gasteiger partial charge is 0.262 e. The zero-order valence-corrected chi connectivity index (χ0v) is 29.2. The van der Waals surface area contributed by atoms with Crippen LogP contribution in [-0.4, -0.2) is 73.2 Å². The number of carbonyl (C=O) groups is 2. The lowest BCUT2D eigenvalue weighted by atomic mass is 10.1. The van der Waals surface area contributed by atoms with Crippen LogP contribution in [0.3, 0.4) is 0 Å². The largest absolute Gasteiger partial charge is 0.490 e. The summed E-state index contributed by atoms with van der Waals surface area (Å²) in [5, 5.41) is 8.75. The molecule has 11 nitrogen and oxygen atoms in total. The number of benzene rings is 3. The summed E-state index contributed by atoms with van der Waals surface area (Å²) in [5.41, 5.74) is 3.10. The molecule has 1 saturated heterocycles. The van der Waals surface area contributed by atoms with Crippen LogP contribution in [0.4, 0.5) is 21.7 Å². The number of hydrogen-bond acceptors (Lipinski definition) is 9. The number of anilines is 3. The van der Waals surface area contributed by atoms with Crippen LogP contribution >= 0.6 is 11.6 Å². The van der Waals surface area contributed by atoms with Gasteiger partial charge in [-0.2, -0.15) is 4.98 Å². The molecule has 3 N–H and O–H groups in total. The molecule has 1 aliphatic heterocycles. The van der Waals surface area contributed by atoms with Crippen molar-refractivity contribution in [1.29, 1.82) is 0 Å². The lowest BCUT2D eigenvalue weighted by Gasteiger charge is -2.26. The number of aromatic nitrogens is 2. The van der Waals surface area contributed by atoms with Gasteiger partial charge in [-0.3, -0.25) is 9.59 Å². The van der Waals surface area contributed by atoms with E-state index < -0.39 is 11.7 Å². The van der Waals surface area contributed by atoms with E-state index in [1.54, 1.807) is 25.3 Å². The van der Waals surface area contributed by atoms with Crippen molar-refractivity contribution in [2.24, 2.45) is 0 Å². The molecule has 0 atom stereocenters. The van der Waals surface area contributed by atoms with E-state index in [1.807, 2.05) is 32.0 Å². The van der Waals surface area contributed by atoms with E-state index in [0.29, 0.717) is 36.7 Å². The van der Waals surface area contributed by atoms with Crippen molar-refractivity contribution in [3.8, 4) is 17.4 Å². The van der Waals surface area contributed by atoms with Gasteiger partial charge >= 0.3 is 0 Å². The predicted octanol–water partition coefficient (Wildman–Crippen LogP) is 7.31. The first-order valence-corrected chi connectivity index (χ1v) is 17.0. The van der Waals surface area contributed by atoms with E-state index in [0.717, 1.165) is 37.2 Å². The molecule has 0 unspecified atom stereocenters. The van der Waals surface area contributed by atoms with Crippen molar-refractivity contribution in [3.05, 3.63) is 93.9 Å². The zero-order chi connectivity index (χ0) is 35.5. The number of carbonyl (C=O) groups excluding carboxylic acids is 2. The topological polar surface area (TPSA) is 127 Å². The van der Waals surface area contributed by atoms with Gasteiger partial charge in [0.2, 0.25) is 11.8 Å². The number of likely N-dealkylation sites (tertiary alicyclic amines) is 1. The van der Waals surface area contributed by atoms with Crippen molar-refractivity contribution in [2.45, 2.75) is 39.5 Å². The fourth-order valence-electron chi connectivity index (χ4n) is 5.53. The predicted molar refractivity (Wildman–Crippen MR) is 192 cm³/mol. The highest BCUT2D eigenvalue weighted by atomic mass is 35.5. The molecule has 50 heavy (non-hydrogen) atoms. The maximum Gasteiger partial charge on any atom is 0.262 e. The van der Waals surface area contributed by atoms with E-state index in [4.69, 9.17) is 25.8 Å². The molecule has 0 saturated carbocycles. The van der Waals surface area contributed by atoms with E-state index >= 15 is 4.39 Å². The molecular weight excluding hydrogens is 663 g/mol. The Morgan fingerprint density at radius 2 is 1.72 bits per heavy atom. The summed E-state index contributed by atoms with van der Waals surface area (Å²) in [6, 6.07) is 14.7. The second-order valence-electron chi connectivity index (χ2n) is 12.0. The van der Waals surface area contributed by atoms with Crippen LogP contribution < -0.4 is 25.4 Å². The van der Waals surface area contributed by atoms with Crippen molar-refractivity contribution >= 4 is 40.7 Å². The van der Waals surface area contributed by atoms with Gasteiger partial charge < -0.3 is 35.1 Å². The third-order valence-electron chi connectivity index (χ3n) is 8.22. The molecule has 0 bridgehead atoms. The van der Waals surface area contributed by atoms with E-state index in [1.165, 1.54) is 43.7 Å². The second kappa shape index (κ2) is 17.7. The standard InChI is InChI=1S/C37H42ClFN6O5/c1-24-9-7-10-25(2)33(24)43-35(47)28-23-41-37(44-36(28)50-31-13-11-26(21-29(31)38)34(46)40-15-20-48-3)42-27-12-14-32(30(39)22-27)49-19-8-18-45-16-5-4-6-17-45/h7,9-14,21-23H,4-6,8,15-20H2,1-3H3,(H,40,46)(H,43,47)(H,41,42,44).